The first-order valence-corrected chi connectivity index (χ1v) is 10.1. The SMILES string of the molecule is COc1ccc([C@H](CO)NC(=O)Nc2ccc(OC)c(OCCCC(C)C)c2)cc1. The molecule has 0 fully saturated rings. The van der Waals surface area contributed by atoms with Crippen LogP contribution in [0.15, 0.2) is 42.5 Å². The third-order valence-electron chi connectivity index (χ3n) is 4.61. The van der Waals surface area contributed by atoms with E-state index in [1.807, 2.05) is 0 Å². The second-order valence-electron chi connectivity index (χ2n) is 7.36. The molecule has 2 rings (SSSR count). The summed E-state index contributed by atoms with van der Waals surface area (Å²) in [7, 11) is 3.16. The number of aliphatic hydroxyl groups is 1. The van der Waals surface area contributed by atoms with Crippen LogP contribution >= 0.6 is 0 Å². The number of methoxy groups -OCH3 is 2. The maximum atomic E-state index is 12.4. The zero-order valence-electron chi connectivity index (χ0n) is 18.1. The molecule has 0 radical (unpaired) electrons. The van der Waals surface area contributed by atoms with Crippen LogP contribution < -0.4 is 24.8 Å². The summed E-state index contributed by atoms with van der Waals surface area (Å²) in [5.74, 6) is 2.52. The number of benzene rings is 2. The van der Waals surface area contributed by atoms with Crippen molar-refractivity contribution < 1.29 is 24.1 Å². The molecule has 0 saturated carbocycles. The standard InChI is InChI=1S/C23H32N2O5/c1-16(2)6-5-13-30-22-14-18(9-12-21(22)29-4)24-23(27)25-20(15-26)17-7-10-19(28-3)11-8-17/h7-12,14,16,20,26H,5-6,13,15H2,1-4H3,(H2,24,25,27)/t20-/m0/s1. The van der Waals surface area contributed by atoms with Crippen LogP contribution in [0.3, 0.4) is 0 Å². The van der Waals surface area contributed by atoms with Gasteiger partial charge in [0.15, 0.2) is 11.5 Å². The lowest BCUT2D eigenvalue weighted by Gasteiger charge is -2.18. The van der Waals surface area contributed by atoms with Crippen molar-refractivity contribution in [2.75, 3.05) is 32.8 Å². The van der Waals surface area contributed by atoms with Crippen molar-refractivity contribution in [1.29, 1.82) is 0 Å². The molecule has 0 aromatic heterocycles. The predicted molar refractivity (Wildman–Crippen MR) is 118 cm³/mol. The number of urea groups is 1. The third-order valence-corrected chi connectivity index (χ3v) is 4.61. The number of amides is 2. The molecule has 0 unspecified atom stereocenters. The van der Waals surface area contributed by atoms with Gasteiger partial charge in [-0.05, 0) is 48.6 Å². The van der Waals surface area contributed by atoms with Gasteiger partial charge >= 0.3 is 6.03 Å². The van der Waals surface area contributed by atoms with E-state index in [9.17, 15) is 9.90 Å². The van der Waals surface area contributed by atoms with Gasteiger partial charge in [0, 0.05) is 11.8 Å². The van der Waals surface area contributed by atoms with Crippen molar-refractivity contribution in [3.05, 3.63) is 48.0 Å². The number of rotatable bonds is 11. The fourth-order valence-electron chi connectivity index (χ4n) is 2.94. The van der Waals surface area contributed by atoms with Crippen LogP contribution in [-0.4, -0.2) is 38.6 Å². The van der Waals surface area contributed by atoms with Gasteiger partial charge in [-0.2, -0.15) is 0 Å². The second kappa shape index (κ2) is 11.9. The Balaban J connectivity index is 1.99. The molecule has 30 heavy (non-hydrogen) atoms. The Hall–Kier alpha value is -2.93. The summed E-state index contributed by atoms with van der Waals surface area (Å²) in [6, 6.07) is 11.4. The molecule has 0 spiro atoms. The Morgan fingerprint density at radius 2 is 1.77 bits per heavy atom. The van der Waals surface area contributed by atoms with Gasteiger partial charge in [-0.3, -0.25) is 0 Å². The molecule has 0 aliphatic carbocycles. The lowest BCUT2D eigenvalue weighted by molar-refractivity contribution is 0.225. The Labute approximate surface area is 178 Å². The average Bonchev–Trinajstić information content (AvgIpc) is 2.75. The molecule has 1 atom stereocenters. The summed E-state index contributed by atoms with van der Waals surface area (Å²) in [6.45, 7) is 4.70. The molecule has 164 valence electrons. The molecule has 2 aromatic rings. The molecular formula is C23H32N2O5. The number of nitrogens with one attached hydrogen (secondary N) is 2. The smallest absolute Gasteiger partial charge is 0.319 e. The molecule has 2 aromatic carbocycles. The highest BCUT2D eigenvalue weighted by Crippen LogP contribution is 2.30. The van der Waals surface area contributed by atoms with E-state index in [1.54, 1.807) is 56.7 Å². The summed E-state index contributed by atoms with van der Waals surface area (Å²) >= 11 is 0. The molecule has 2 amide bonds. The van der Waals surface area contributed by atoms with E-state index < -0.39 is 12.1 Å². The number of carbonyl (C=O) groups excluding carboxylic acids is 1. The number of anilines is 1. The summed E-state index contributed by atoms with van der Waals surface area (Å²) < 4.78 is 16.3. The monoisotopic (exact) mass is 416 g/mol. The number of carbonyl (C=O) groups is 1. The number of hydrogen-bond donors (Lipinski definition) is 3. The molecule has 7 nitrogen and oxygen atoms in total. The van der Waals surface area contributed by atoms with Gasteiger partial charge in [0.2, 0.25) is 0 Å². The van der Waals surface area contributed by atoms with Crippen molar-refractivity contribution in [2.45, 2.75) is 32.7 Å². The van der Waals surface area contributed by atoms with Gasteiger partial charge in [0.05, 0.1) is 33.5 Å². The fraction of sp³-hybridized carbons (Fsp3) is 0.435. The highest BCUT2D eigenvalue weighted by atomic mass is 16.5. The number of aliphatic hydroxyl groups excluding tert-OH is 1. The van der Waals surface area contributed by atoms with E-state index in [0.717, 1.165) is 18.4 Å². The molecule has 3 N–H and O–H groups in total. The van der Waals surface area contributed by atoms with Crippen molar-refractivity contribution in [1.82, 2.24) is 5.32 Å². The van der Waals surface area contributed by atoms with Gasteiger partial charge in [-0.15, -0.1) is 0 Å². The Bertz CT molecular complexity index is 793. The first kappa shape index (κ1) is 23.3. The van der Waals surface area contributed by atoms with Crippen LogP contribution in [-0.2, 0) is 0 Å². The minimum Gasteiger partial charge on any atom is -0.497 e. The van der Waals surface area contributed by atoms with Crippen LogP contribution in [0.1, 0.15) is 38.3 Å². The number of hydrogen-bond acceptors (Lipinski definition) is 5. The molecule has 0 aliphatic rings. The fourth-order valence-corrected chi connectivity index (χ4v) is 2.94. The maximum Gasteiger partial charge on any atom is 0.319 e. The summed E-state index contributed by atoms with van der Waals surface area (Å²) in [4.78, 5) is 12.4. The summed E-state index contributed by atoms with van der Waals surface area (Å²) in [5, 5.41) is 15.2. The Morgan fingerprint density at radius 3 is 2.37 bits per heavy atom. The van der Waals surface area contributed by atoms with Gasteiger partial charge in [0.1, 0.15) is 5.75 Å². The number of ether oxygens (including phenoxy) is 3. The van der Waals surface area contributed by atoms with Gasteiger partial charge in [-0.25, -0.2) is 4.79 Å². The Kier molecular flexibility index (Phi) is 9.28. The zero-order chi connectivity index (χ0) is 21.9. The van der Waals surface area contributed by atoms with E-state index in [4.69, 9.17) is 14.2 Å². The predicted octanol–water partition coefficient (Wildman–Crippen LogP) is 4.37. The molecule has 0 bridgehead atoms. The van der Waals surface area contributed by atoms with Gasteiger partial charge < -0.3 is 30.0 Å². The van der Waals surface area contributed by atoms with Crippen LogP contribution in [0.25, 0.3) is 0 Å². The lowest BCUT2D eigenvalue weighted by atomic mass is 10.1. The molecule has 0 heterocycles. The quantitative estimate of drug-likeness (QED) is 0.473. The second-order valence-corrected chi connectivity index (χ2v) is 7.36. The zero-order valence-corrected chi connectivity index (χ0v) is 18.1. The normalized spacial score (nSPS) is 11.7. The highest BCUT2D eigenvalue weighted by Gasteiger charge is 2.15. The van der Waals surface area contributed by atoms with Crippen molar-refractivity contribution in [3.8, 4) is 17.2 Å². The molecule has 0 saturated heterocycles. The lowest BCUT2D eigenvalue weighted by Crippen LogP contribution is -2.34. The van der Waals surface area contributed by atoms with Crippen molar-refractivity contribution >= 4 is 11.7 Å². The van der Waals surface area contributed by atoms with E-state index in [1.165, 1.54) is 0 Å². The minimum atomic E-state index is -0.541. The molecule has 7 heteroatoms. The van der Waals surface area contributed by atoms with Gasteiger partial charge in [0.25, 0.3) is 0 Å². The van der Waals surface area contributed by atoms with E-state index in [-0.39, 0.29) is 6.61 Å². The minimum absolute atomic E-state index is 0.230. The van der Waals surface area contributed by atoms with Crippen LogP contribution in [0.2, 0.25) is 0 Å². The highest BCUT2D eigenvalue weighted by molar-refractivity contribution is 5.90. The first-order valence-electron chi connectivity index (χ1n) is 10.1. The van der Waals surface area contributed by atoms with Crippen LogP contribution in [0.4, 0.5) is 10.5 Å². The van der Waals surface area contributed by atoms with E-state index in [2.05, 4.69) is 24.5 Å². The average molecular weight is 417 g/mol. The van der Waals surface area contributed by atoms with E-state index in [0.29, 0.717) is 35.5 Å². The first-order chi connectivity index (χ1) is 14.5. The van der Waals surface area contributed by atoms with Gasteiger partial charge in [-0.1, -0.05) is 26.0 Å². The molecular weight excluding hydrogens is 384 g/mol. The van der Waals surface area contributed by atoms with Crippen LogP contribution in [0.5, 0.6) is 17.2 Å². The summed E-state index contributed by atoms with van der Waals surface area (Å²) in [5.41, 5.74) is 1.34. The van der Waals surface area contributed by atoms with Crippen molar-refractivity contribution in [3.63, 3.8) is 0 Å². The topological polar surface area (TPSA) is 89.1 Å². The maximum absolute atomic E-state index is 12.4. The van der Waals surface area contributed by atoms with Crippen molar-refractivity contribution in [2.24, 2.45) is 5.92 Å². The Morgan fingerprint density at radius 1 is 1.03 bits per heavy atom. The third kappa shape index (κ3) is 7.15. The largest absolute Gasteiger partial charge is 0.497 e. The summed E-state index contributed by atoms with van der Waals surface area (Å²) in [6.07, 6.45) is 2.02. The molecule has 0 aliphatic heterocycles. The van der Waals surface area contributed by atoms with Crippen LogP contribution in [0, 0.1) is 5.92 Å². The van der Waals surface area contributed by atoms with E-state index >= 15 is 0 Å².